The Bertz CT molecular complexity index is 1340. The molecule has 0 radical (unpaired) electrons. The fourth-order valence-corrected chi connectivity index (χ4v) is 9.66. The van der Waals surface area contributed by atoms with Gasteiger partial charge < -0.3 is 19.8 Å². The number of thioether (sulfide) groups is 1. The van der Waals surface area contributed by atoms with Crippen LogP contribution in [-0.2, 0) is 20.9 Å². The minimum absolute atomic E-state index is 0.0606. The third kappa shape index (κ3) is 5.67. The van der Waals surface area contributed by atoms with Crippen LogP contribution in [0.2, 0.25) is 0 Å². The van der Waals surface area contributed by atoms with E-state index in [9.17, 15) is 19.5 Å². The van der Waals surface area contributed by atoms with E-state index >= 15 is 0 Å². The number of fused-ring (bicyclic) bond motifs is 1. The van der Waals surface area contributed by atoms with Crippen molar-refractivity contribution in [2.45, 2.75) is 61.7 Å². The van der Waals surface area contributed by atoms with Crippen molar-refractivity contribution in [2.75, 3.05) is 24.6 Å². The van der Waals surface area contributed by atoms with E-state index in [2.05, 4.69) is 27.0 Å². The Balaban J connectivity index is 1.57. The standard InChI is InChI=1S/C35H43N3O4S/c1-5-19-36(22-25-13-9-7-10-14-25)34(42)31-35-18-17-28(43-35)29(30(35)33(41)38(31)27(23-39)21-24(3)4)32(40)37(20-6-2)26-15-11-8-12-16-26/h5-16,24,27-31,39H,1-2,17-23H2,3-4H3/t27-,28+,29-,30+,31?,35?/m1/s1. The first kappa shape index (κ1) is 31.1. The van der Waals surface area contributed by atoms with Gasteiger partial charge in [-0.1, -0.05) is 74.5 Å². The summed E-state index contributed by atoms with van der Waals surface area (Å²) in [6.07, 6.45) is 5.42. The quantitative estimate of drug-likeness (QED) is 0.330. The first-order valence-corrected chi connectivity index (χ1v) is 16.2. The highest BCUT2D eigenvalue weighted by atomic mass is 32.2. The predicted octanol–water partition coefficient (Wildman–Crippen LogP) is 4.92. The van der Waals surface area contributed by atoms with Crippen LogP contribution >= 0.6 is 11.8 Å². The van der Waals surface area contributed by atoms with Crippen LogP contribution in [-0.4, -0.2) is 74.4 Å². The maximum atomic E-state index is 14.7. The lowest BCUT2D eigenvalue weighted by atomic mass is 9.70. The molecule has 8 heteroatoms. The van der Waals surface area contributed by atoms with E-state index in [-0.39, 0.29) is 35.5 Å². The van der Waals surface area contributed by atoms with Gasteiger partial charge in [0.25, 0.3) is 0 Å². The van der Waals surface area contributed by atoms with E-state index in [4.69, 9.17) is 0 Å². The third-order valence-electron chi connectivity index (χ3n) is 9.13. The summed E-state index contributed by atoms with van der Waals surface area (Å²) in [6, 6.07) is 18.0. The minimum atomic E-state index is -0.776. The molecule has 5 rings (SSSR count). The smallest absolute Gasteiger partial charge is 0.247 e. The molecule has 2 aromatic carbocycles. The molecule has 0 aliphatic carbocycles. The molecule has 3 heterocycles. The normalized spacial score (nSPS) is 26.3. The summed E-state index contributed by atoms with van der Waals surface area (Å²) in [5.41, 5.74) is 1.75. The maximum absolute atomic E-state index is 14.7. The molecular weight excluding hydrogens is 558 g/mol. The van der Waals surface area contributed by atoms with Gasteiger partial charge in [-0.3, -0.25) is 14.4 Å². The molecule has 2 unspecified atom stereocenters. The van der Waals surface area contributed by atoms with Gasteiger partial charge in [0.2, 0.25) is 17.7 Å². The molecule has 7 nitrogen and oxygen atoms in total. The molecule has 3 aliphatic heterocycles. The number of anilines is 1. The molecule has 3 saturated heterocycles. The van der Waals surface area contributed by atoms with Crippen molar-refractivity contribution in [1.29, 1.82) is 0 Å². The third-order valence-corrected chi connectivity index (χ3v) is 11.1. The first-order valence-electron chi connectivity index (χ1n) is 15.3. The molecule has 3 fully saturated rings. The van der Waals surface area contributed by atoms with E-state index in [1.807, 2.05) is 60.7 Å². The summed E-state index contributed by atoms with van der Waals surface area (Å²) in [5, 5.41) is 10.6. The second kappa shape index (κ2) is 13.1. The number of carbonyl (C=O) groups excluding carboxylic acids is 3. The number of hydrogen-bond acceptors (Lipinski definition) is 5. The molecule has 2 bridgehead atoms. The molecule has 3 aliphatic rings. The number of rotatable bonds is 13. The number of aliphatic hydroxyl groups excluding tert-OH is 1. The molecule has 228 valence electrons. The van der Waals surface area contributed by atoms with Gasteiger partial charge in [-0.2, -0.15) is 0 Å². The fraction of sp³-hybridized carbons (Fsp3) is 0.457. The molecule has 1 N–H and O–H groups in total. The Labute approximate surface area is 259 Å². The SMILES string of the molecule is C=CCN(Cc1ccccc1)C(=O)C1N([C@@H](CO)CC(C)C)C(=O)[C@@H]2[C@H](C(=O)N(CC=C)c3ccccc3)[C@@H]3CCC12S3. The van der Waals surface area contributed by atoms with Crippen LogP contribution in [0.4, 0.5) is 5.69 Å². The molecular formula is C35H43N3O4S. The van der Waals surface area contributed by atoms with Crippen molar-refractivity contribution in [3.05, 3.63) is 91.5 Å². The van der Waals surface area contributed by atoms with Crippen LogP contribution in [0.25, 0.3) is 0 Å². The zero-order valence-electron chi connectivity index (χ0n) is 25.2. The zero-order chi connectivity index (χ0) is 30.7. The van der Waals surface area contributed by atoms with Gasteiger partial charge in [-0.15, -0.1) is 24.9 Å². The Morgan fingerprint density at radius 3 is 2.30 bits per heavy atom. The van der Waals surface area contributed by atoms with Crippen molar-refractivity contribution in [2.24, 2.45) is 17.8 Å². The van der Waals surface area contributed by atoms with Gasteiger partial charge in [0.05, 0.1) is 29.2 Å². The maximum Gasteiger partial charge on any atom is 0.247 e. The Hall–Kier alpha value is -3.36. The van der Waals surface area contributed by atoms with Crippen LogP contribution in [0.1, 0.15) is 38.7 Å². The average molecular weight is 602 g/mol. The summed E-state index contributed by atoms with van der Waals surface area (Å²) in [7, 11) is 0. The molecule has 0 saturated carbocycles. The number of nitrogens with zero attached hydrogens (tertiary/aromatic N) is 3. The number of para-hydroxylation sites is 1. The number of amides is 3. The first-order chi connectivity index (χ1) is 20.8. The van der Waals surface area contributed by atoms with Crippen LogP contribution < -0.4 is 4.90 Å². The van der Waals surface area contributed by atoms with Crippen LogP contribution in [0, 0.1) is 17.8 Å². The van der Waals surface area contributed by atoms with Crippen molar-refractivity contribution >= 4 is 35.2 Å². The fourth-order valence-electron chi connectivity index (χ4n) is 7.47. The Morgan fingerprint density at radius 2 is 1.70 bits per heavy atom. The second-order valence-corrected chi connectivity index (χ2v) is 13.9. The highest BCUT2D eigenvalue weighted by molar-refractivity contribution is 8.02. The highest BCUT2D eigenvalue weighted by Gasteiger charge is 2.74. The lowest BCUT2D eigenvalue weighted by Crippen LogP contribution is -2.57. The lowest BCUT2D eigenvalue weighted by Gasteiger charge is -2.40. The number of aliphatic hydroxyl groups is 1. The monoisotopic (exact) mass is 601 g/mol. The Kier molecular flexibility index (Phi) is 9.47. The van der Waals surface area contributed by atoms with Gasteiger partial charge in [-0.05, 0) is 42.9 Å². The van der Waals surface area contributed by atoms with E-state index in [1.54, 1.807) is 38.6 Å². The zero-order valence-corrected chi connectivity index (χ0v) is 26.0. The molecule has 1 spiro atoms. The molecule has 43 heavy (non-hydrogen) atoms. The van der Waals surface area contributed by atoms with E-state index in [1.165, 1.54) is 0 Å². The predicted molar refractivity (Wildman–Crippen MR) is 172 cm³/mol. The number of likely N-dealkylation sites (tertiary alicyclic amines) is 1. The van der Waals surface area contributed by atoms with E-state index in [0.717, 1.165) is 17.7 Å². The molecule has 3 amide bonds. The van der Waals surface area contributed by atoms with Gasteiger partial charge >= 0.3 is 0 Å². The number of hydrogen-bond donors (Lipinski definition) is 1. The average Bonchev–Trinajstić information content (AvgIpc) is 3.66. The van der Waals surface area contributed by atoms with Gasteiger partial charge in [0, 0.05) is 30.6 Å². The van der Waals surface area contributed by atoms with E-state index < -0.39 is 28.7 Å². The highest BCUT2D eigenvalue weighted by Crippen LogP contribution is 2.67. The van der Waals surface area contributed by atoms with Gasteiger partial charge in [0.1, 0.15) is 6.04 Å². The summed E-state index contributed by atoms with van der Waals surface area (Å²) in [6.45, 7) is 12.7. The van der Waals surface area contributed by atoms with E-state index in [0.29, 0.717) is 32.5 Å². The topological polar surface area (TPSA) is 81.2 Å². The molecule has 0 aromatic heterocycles. The Morgan fingerprint density at radius 1 is 1.05 bits per heavy atom. The number of benzene rings is 2. The van der Waals surface area contributed by atoms with Crippen molar-refractivity contribution < 1.29 is 19.5 Å². The van der Waals surface area contributed by atoms with Crippen molar-refractivity contribution in [3.63, 3.8) is 0 Å². The molecule has 6 atom stereocenters. The summed E-state index contributed by atoms with van der Waals surface area (Å²) in [4.78, 5) is 49.0. The van der Waals surface area contributed by atoms with Crippen molar-refractivity contribution in [1.82, 2.24) is 9.80 Å². The largest absolute Gasteiger partial charge is 0.394 e. The second-order valence-electron chi connectivity index (χ2n) is 12.3. The van der Waals surface area contributed by atoms with Crippen LogP contribution in [0.5, 0.6) is 0 Å². The minimum Gasteiger partial charge on any atom is -0.394 e. The van der Waals surface area contributed by atoms with Crippen LogP contribution in [0.3, 0.4) is 0 Å². The van der Waals surface area contributed by atoms with Gasteiger partial charge in [-0.25, -0.2) is 0 Å². The summed E-state index contributed by atoms with van der Waals surface area (Å²) < 4.78 is -0.740. The van der Waals surface area contributed by atoms with Crippen LogP contribution in [0.15, 0.2) is 86.0 Å². The number of carbonyl (C=O) groups is 3. The lowest BCUT2D eigenvalue weighted by molar-refractivity contribution is -0.146. The van der Waals surface area contributed by atoms with Gasteiger partial charge in [0.15, 0.2) is 0 Å². The summed E-state index contributed by atoms with van der Waals surface area (Å²) in [5.74, 6) is -1.43. The summed E-state index contributed by atoms with van der Waals surface area (Å²) >= 11 is 1.66. The van der Waals surface area contributed by atoms with Crippen molar-refractivity contribution in [3.8, 4) is 0 Å². The molecule has 2 aromatic rings.